The summed E-state index contributed by atoms with van der Waals surface area (Å²) in [7, 11) is 1.18. The predicted molar refractivity (Wildman–Crippen MR) is 16.9 cm³/mol. The standard InChI is InChI=1S/C3H5O3.Na/c1-6-3(5)2-4;/h2H2,1H3;/q-1;+1. The molecule has 0 amide bonds. The first-order valence-corrected chi connectivity index (χ1v) is 1.46. The zero-order valence-corrected chi connectivity index (χ0v) is 6.43. The molecule has 0 saturated carbocycles. The first kappa shape index (κ1) is 10.4. The maximum atomic E-state index is 9.65. The Labute approximate surface area is 64.0 Å². The molecule has 3 nitrogen and oxygen atoms in total. The molecule has 7 heavy (non-hydrogen) atoms. The van der Waals surface area contributed by atoms with Gasteiger partial charge in [-0.2, -0.15) is 0 Å². The van der Waals surface area contributed by atoms with Crippen LogP contribution in [0.4, 0.5) is 0 Å². The quantitative estimate of drug-likeness (QED) is 0.254. The summed E-state index contributed by atoms with van der Waals surface area (Å²) < 4.78 is 3.95. The van der Waals surface area contributed by atoms with Gasteiger partial charge in [-0.3, -0.25) is 4.79 Å². The molecule has 0 aliphatic heterocycles. The fraction of sp³-hybridized carbons (Fsp3) is 0.667. The van der Waals surface area contributed by atoms with Crippen molar-refractivity contribution in [3.8, 4) is 0 Å². The van der Waals surface area contributed by atoms with E-state index >= 15 is 0 Å². The second kappa shape index (κ2) is 6.43. The van der Waals surface area contributed by atoms with Gasteiger partial charge in [-0.05, 0) is 6.61 Å². The van der Waals surface area contributed by atoms with E-state index in [4.69, 9.17) is 0 Å². The number of rotatable bonds is 1. The smallest absolute Gasteiger partial charge is 0.846 e. The second-order valence-corrected chi connectivity index (χ2v) is 0.720. The fourth-order valence-corrected chi connectivity index (χ4v) is 0.0589. The molecule has 0 aromatic heterocycles. The number of esters is 1. The monoisotopic (exact) mass is 112 g/mol. The normalized spacial score (nSPS) is 6.57. The van der Waals surface area contributed by atoms with Crippen LogP contribution in [-0.2, 0) is 9.53 Å². The molecule has 0 aliphatic rings. The predicted octanol–water partition coefficient (Wildman–Crippen LogP) is -4.48. The molecule has 0 fully saturated rings. The molecule has 0 N–H and O–H groups in total. The third-order valence-corrected chi connectivity index (χ3v) is 0.346. The Kier molecular flexibility index (Phi) is 9.57. The summed E-state index contributed by atoms with van der Waals surface area (Å²) in [6, 6.07) is 0. The van der Waals surface area contributed by atoms with Gasteiger partial charge in [0, 0.05) is 0 Å². The zero-order chi connectivity index (χ0) is 4.99. The molecule has 0 atom stereocenters. The molecule has 0 bridgehead atoms. The van der Waals surface area contributed by atoms with Gasteiger partial charge in [0.2, 0.25) is 0 Å². The van der Waals surface area contributed by atoms with E-state index in [1.807, 2.05) is 0 Å². The molecule has 36 valence electrons. The van der Waals surface area contributed by atoms with E-state index in [-0.39, 0.29) is 29.6 Å². The first-order chi connectivity index (χ1) is 2.81. The number of hydrogen-bond donors (Lipinski definition) is 0. The van der Waals surface area contributed by atoms with Crippen LogP contribution in [-0.4, -0.2) is 19.7 Å². The Bertz CT molecular complexity index is 48.1. The molecular weight excluding hydrogens is 107 g/mol. The fourth-order valence-electron chi connectivity index (χ4n) is 0.0589. The molecule has 0 aromatic rings. The van der Waals surface area contributed by atoms with E-state index in [9.17, 15) is 9.90 Å². The Morgan fingerprint density at radius 2 is 2.29 bits per heavy atom. The van der Waals surface area contributed by atoms with Gasteiger partial charge >= 0.3 is 29.6 Å². The van der Waals surface area contributed by atoms with E-state index in [0.29, 0.717) is 0 Å². The van der Waals surface area contributed by atoms with Crippen molar-refractivity contribution in [1.82, 2.24) is 0 Å². The molecule has 0 radical (unpaired) electrons. The average molecular weight is 112 g/mol. The summed E-state index contributed by atoms with van der Waals surface area (Å²) in [5.41, 5.74) is 0. The van der Waals surface area contributed by atoms with Crippen molar-refractivity contribution in [3.63, 3.8) is 0 Å². The Hall–Kier alpha value is 0.430. The SMILES string of the molecule is COC(=O)C[O-].[Na+]. The zero-order valence-electron chi connectivity index (χ0n) is 4.43. The Balaban J connectivity index is 0. The van der Waals surface area contributed by atoms with Crippen LogP contribution >= 0.6 is 0 Å². The molecule has 0 aliphatic carbocycles. The average Bonchev–Trinajstić information content (AvgIpc) is 1.65. The third-order valence-electron chi connectivity index (χ3n) is 0.346. The number of carbonyl (C=O) groups is 1. The van der Waals surface area contributed by atoms with Crippen molar-refractivity contribution in [1.29, 1.82) is 0 Å². The molecule has 0 aromatic carbocycles. The molecule has 0 rings (SSSR count). The van der Waals surface area contributed by atoms with Gasteiger partial charge in [0.05, 0.1) is 7.11 Å². The Morgan fingerprint density at radius 3 is 2.29 bits per heavy atom. The minimum Gasteiger partial charge on any atom is -0.846 e. The molecule has 0 unspecified atom stereocenters. The van der Waals surface area contributed by atoms with Crippen LogP contribution in [0.3, 0.4) is 0 Å². The maximum absolute atomic E-state index is 9.65. The van der Waals surface area contributed by atoms with E-state index in [1.165, 1.54) is 7.11 Å². The van der Waals surface area contributed by atoms with Gasteiger partial charge < -0.3 is 9.84 Å². The summed E-state index contributed by atoms with van der Waals surface area (Å²) in [5.74, 6) is -0.713. The number of methoxy groups -OCH3 is 1. The van der Waals surface area contributed by atoms with E-state index in [1.54, 1.807) is 0 Å². The summed E-state index contributed by atoms with van der Waals surface area (Å²) >= 11 is 0. The van der Waals surface area contributed by atoms with Crippen LogP contribution in [0.2, 0.25) is 0 Å². The Morgan fingerprint density at radius 1 is 1.86 bits per heavy atom. The molecule has 0 heterocycles. The van der Waals surface area contributed by atoms with Gasteiger partial charge in [-0.1, -0.05) is 0 Å². The van der Waals surface area contributed by atoms with Crippen molar-refractivity contribution in [2.45, 2.75) is 0 Å². The van der Waals surface area contributed by atoms with Crippen LogP contribution in [0.1, 0.15) is 0 Å². The van der Waals surface area contributed by atoms with Gasteiger partial charge in [-0.25, -0.2) is 0 Å². The van der Waals surface area contributed by atoms with Crippen LogP contribution in [0.15, 0.2) is 0 Å². The van der Waals surface area contributed by atoms with Crippen LogP contribution in [0.25, 0.3) is 0 Å². The minimum absolute atomic E-state index is 0. The van der Waals surface area contributed by atoms with Crippen molar-refractivity contribution >= 4 is 5.97 Å². The van der Waals surface area contributed by atoms with Crippen molar-refractivity contribution < 1.29 is 44.2 Å². The largest absolute Gasteiger partial charge is 1.00 e. The van der Waals surface area contributed by atoms with E-state index in [2.05, 4.69) is 4.74 Å². The van der Waals surface area contributed by atoms with Gasteiger partial charge in [0.1, 0.15) is 0 Å². The maximum Gasteiger partial charge on any atom is 1.00 e. The van der Waals surface area contributed by atoms with E-state index < -0.39 is 12.6 Å². The summed E-state index contributed by atoms with van der Waals surface area (Å²) in [5, 5.41) is 9.39. The first-order valence-electron chi connectivity index (χ1n) is 1.46. The number of carbonyl (C=O) groups excluding carboxylic acids is 1. The van der Waals surface area contributed by atoms with Gasteiger partial charge in [0.25, 0.3) is 5.97 Å². The van der Waals surface area contributed by atoms with Crippen molar-refractivity contribution in [2.24, 2.45) is 0 Å². The summed E-state index contributed by atoms with van der Waals surface area (Å²) in [6.45, 7) is -0.781. The topological polar surface area (TPSA) is 49.4 Å². The number of hydrogen-bond acceptors (Lipinski definition) is 3. The second-order valence-electron chi connectivity index (χ2n) is 0.720. The van der Waals surface area contributed by atoms with Crippen molar-refractivity contribution in [2.75, 3.05) is 13.7 Å². The van der Waals surface area contributed by atoms with E-state index in [0.717, 1.165) is 0 Å². The molecule has 0 spiro atoms. The minimum atomic E-state index is -0.781. The summed E-state index contributed by atoms with van der Waals surface area (Å²) in [4.78, 5) is 9.65. The molecular formula is C3H5NaO3. The van der Waals surface area contributed by atoms with Crippen molar-refractivity contribution in [3.05, 3.63) is 0 Å². The van der Waals surface area contributed by atoms with Gasteiger partial charge in [0.15, 0.2) is 0 Å². The third kappa shape index (κ3) is 6.43. The molecule has 4 heteroatoms. The van der Waals surface area contributed by atoms with Crippen LogP contribution < -0.4 is 34.7 Å². The summed E-state index contributed by atoms with van der Waals surface area (Å²) in [6.07, 6.45) is 0. The van der Waals surface area contributed by atoms with Crippen LogP contribution in [0, 0.1) is 0 Å². The number of ether oxygens (including phenoxy) is 1. The van der Waals surface area contributed by atoms with Crippen LogP contribution in [0.5, 0.6) is 0 Å². The molecule has 0 saturated heterocycles. The van der Waals surface area contributed by atoms with Gasteiger partial charge in [-0.15, -0.1) is 0 Å².